The third kappa shape index (κ3) is 2.26. The predicted octanol–water partition coefficient (Wildman–Crippen LogP) is 3.57. The summed E-state index contributed by atoms with van der Waals surface area (Å²) in [5, 5.41) is 6.72. The summed E-state index contributed by atoms with van der Waals surface area (Å²) in [5.74, 6) is 0.0946. The molecule has 0 aliphatic heterocycles. The molecule has 0 aliphatic rings. The summed E-state index contributed by atoms with van der Waals surface area (Å²) >= 11 is 5.88. The van der Waals surface area contributed by atoms with Crippen LogP contribution in [0.5, 0.6) is 0 Å². The van der Waals surface area contributed by atoms with E-state index < -0.39 is 0 Å². The maximum atomic E-state index is 13.8. The third-order valence-electron chi connectivity index (χ3n) is 2.59. The molecule has 0 spiro atoms. The highest BCUT2D eigenvalue weighted by Crippen LogP contribution is 2.31. The van der Waals surface area contributed by atoms with Crippen molar-refractivity contribution in [1.29, 1.82) is 0 Å². The average Bonchev–Trinajstić information content (AvgIpc) is 2.68. The van der Waals surface area contributed by atoms with Crippen molar-refractivity contribution < 1.29 is 4.39 Å². The van der Waals surface area contributed by atoms with Crippen molar-refractivity contribution in [3.8, 4) is 11.3 Å². The summed E-state index contributed by atoms with van der Waals surface area (Å²) in [4.78, 5) is 0. The molecule has 1 aromatic carbocycles. The van der Waals surface area contributed by atoms with Crippen LogP contribution >= 0.6 is 11.6 Å². The van der Waals surface area contributed by atoms with Gasteiger partial charge < -0.3 is 5.73 Å². The van der Waals surface area contributed by atoms with E-state index in [9.17, 15) is 4.39 Å². The lowest BCUT2D eigenvalue weighted by molar-refractivity contribution is 0.599. The van der Waals surface area contributed by atoms with Gasteiger partial charge in [-0.2, -0.15) is 5.10 Å². The SMILES string of the molecule is CC(C)c1cc(-c2cc(N)n[nH]2)cc(Cl)c1F. The first-order chi connectivity index (χ1) is 7.99. The largest absolute Gasteiger partial charge is 0.382 e. The summed E-state index contributed by atoms with van der Waals surface area (Å²) in [6.07, 6.45) is 0. The van der Waals surface area contributed by atoms with Gasteiger partial charge in [-0.25, -0.2) is 4.39 Å². The predicted molar refractivity (Wildman–Crippen MR) is 67.5 cm³/mol. The van der Waals surface area contributed by atoms with Gasteiger partial charge >= 0.3 is 0 Å². The van der Waals surface area contributed by atoms with Gasteiger partial charge in [0.15, 0.2) is 0 Å². The van der Waals surface area contributed by atoms with Crippen LogP contribution in [0.1, 0.15) is 25.3 Å². The standard InChI is InChI=1S/C12H13ClFN3/c1-6(2)8-3-7(4-9(13)12(8)14)10-5-11(15)17-16-10/h3-6H,1-2H3,(H3,15,16,17). The van der Waals surface area contributed by atoms with Gasteiger partial charge in [-0.05, 0) is 23.6 Å². The lowest BCUT2D eigenvalue weighted by Gasteiger charge is -2.10. The molecule has 3 N–H and O–H groups in total. The first-order valence-corrected chi connectivity index (χ1v) is 5.67. The fraction of sp³-hybridized carbons (Fsp3) is 0.250. The van der Waals surface area contributed by atoms with Crippen LogP contribution in [0.3, 0.4) is 0 Å². The average molecular weight is 254 g/mol. The van der Waals surface area contributed by atoms with Crippen molar-refractivity contribution in [2.24, 2.45) is 0 Å². The maximum absolute atomic E-state index is 13.8. The third-order valence-corrected chi connectivity index (χ3v) is 2.86. The number of anilines is 1. The van der Waals surface area contributed by atoms with Crippen LogP contribution in [-0.4, -0.2) is 10.2 Å². The van der Waals surface area contributed by atoms with Gasteiger partial charge in [-0.3, -0.25) is 5.10 Å². The highest BCUT2D eigenvalue weighted by molar-refractivity contribution is 6.31. The molecular weight excluding hydrogens is 241 g/mol. The molecule has 17 heavy (non-hydrogen) atoms. The number of nitrogens with one attached hydrogen (secondary N) is 1. The van der Waals surface area contributed by atoms with Crippen LogP contribution in [0.4, 0.5) is 10.2 Å². The van der Waals surface area contributed by atoms with Gasteiger partial charge in [-0.15, -0.1) is 0 Å². The lowest BCUT2D eigenvalue weighted by atomic mass is 9.99. The number of halogens is 2. The number of nitrogen functional groups attached to an aromatic ring is 1. The van der Waals surface area contributed by atoms with Gasteiger partial charge in [0.1, 0.15) is 11.6 Å². The van der Waals surface area contributed by atoms with Crippen molar-refractivity contribution >= 4 is 17.4 Å². The molecule has 0 saturated heterocycles. The maximum Gasteiger partial charge on any atom is 0.145 e. The number of nitrogens with two attached hydrogens (primary N) is 1. The van der Waals surface area contributed by atoms with Crippen molar-refractivity contribution in [2.45, 2.75) is 19.8 Å². The van der Waals surface area contributed by atoms with Crippen LogP contribution in [0.25, 0.3) is 11.3 Å². The van der Waals surface area contributed by atoms with Gasteiger partial charge in [0.2, 0.25) is 0 Å². The molecule has 0 atom stereocenters. The first kappa shape index (κ1) is 11.9. The lowest BCUT2D eigenvalue weighted by Crippen LogP contribution is -1.95. The summed E-state index contributed by atoms with van der Waals surface area (Å²) < 4.78 is 13.8. The molecule has 0 unspecified atom stereocenters. The van der Waals surface area contributed by atoms with E-state index in [4.69, 9.17) is 17.3 Å². The fourth-order valence-electron chi connectivity index (χ4n) is 1.67. The second-order valence-corrected chi connectivity index (χ2v) is 4.63. The highest BCUT2D eigenvalue weighted by atomic mass is 35.5. The van der Waals surface area contributed by atoms with Gasteiger partial charge in [0.05, 0.1) is 10.7 Å². The van der Waals surface area contributed by atoms with Crippen LogP contribution in [0.2, 0.25) is 5.02 Å². The van der Waals surface area contributed by atoms with Crippen molar-refractivity contribution in [3.63, 3.8) is 0 Å². The minimum absolute atomic E-state index is 0.0627. The monoisotopic (exact) mass is 253 g/mol. The normalized spacial score (nSPS) is 11.1. The number of aromatic nitrogens is 2. The Balaban J connectivity index is 2.56. The smallest absolute Gasteiger partial charge is 0.145 e. The molecule has 90 valence electrons. The molecule has 2 rings (SSSR count). The van der Waals surface area contributed by atoms with Crippen LogP contribution < -0.4 is 5.73 Å². The molecule has 0 bridgehead atoms. The number of hydrogen-bond donors (Lipinski definition) is 2. The van der Waals surface area contributed by atoms with E-state index in [0.717, 1.165) is 11.3 Å². The first-order valence-electron chi connectivity index (χ1n) is 5.29. The van der Waals surface area contributed by atoms with Crippen LogP contribution in [0.15, 0.2) is 18.2 Å². The van der Waals surface area contributed by atoms with Crippen molar-refractivity contribution in [1.82, 2.24) is 10.2 Å². The Morgan fingerprint density at radius 2 is 2.06 bits per heavy atom. The van der Waals surface area contributed by atoms with E-state index in [-0.39, 0.29) is 16.8 Å². The zero-order chi connectivity index (χ0) is 12.6. The number of hydrogen-bond acceptors (Lipinski definition) is 2. The van der Waals surface area contributed by atoms with Gasteiger partial charge in [0.25, 0.3) is 0 Å². The Bertz CT molecular complexity index is 549. The zero-order valence-corrected chi connectivity index (χ0v) is 10.3. The Morgan fingerprint density at radius 1 is 1.35 bits per heavy atom. The Kier molecular flexibility index (Phi) is 3.07. The Labute approximate surface area is 104 Å². The molecule has 1 aromatic heterocycles. The number of rotatable bonds is 2. The molecule has 0 aliphatic carbocycles. The summed E-state index contributed by atoms with van der Waals surface area (Å²) in [6, 6.07) is 5.02. The minimum atomic E-state index is -0.363. The fourth-order valence-corrected chi connectivity index (χ4v) is 1.90. The van der Waals surface area contributed by atoms with E-state index >= 15 is 0 Å². The summed E-state index contributed by atoms with van der Waals surface area (Å²) in [5.41, 5.74) is 7.63. The molecule has 3 nitrogen and oxygen atoms in total. The second kappa shape index (κ2) is 4.37. The summed E-state index contributed by atoms with van der Waals surface area (Å²) in [6.45, 7) is 3.83. The number of benzene rings is 1. The molecule has 0 saturated carbocycles. The van der Waals surface area contributed by atoms with Crippen LogP contribution in [0, 0.1) is 5.82 Å². The molecule has 0 fully saturated rings. The topological polar surface area (TPSA) is 54.7 Å². The van der Waals surface area contributed by atoms with E-state index in [2.05, 4.69) is 10.2 Å². The second-order valence-electron chi connectivity index (χ2n) is 4.22. The molecule has 2 aromatic rings. The van der Waals surface area contributed by atoms with Crippen molar-refractivity contribution in [2.75, 3.05) is 5.73 Å². The molecule has 1 heterocycles. The van der Waals surface area contributed by atoms with Crippen molar-refractivity contribution in [3.05, 3.63) is 34.6 Å². The van der Waals surface area contributed by atoms with E-state index in [1.807, 2.05) is 13.8 Å². The Morgan fingerprint density at radius 3 is 2.59 bits per heavy atom. The highest BCUT2D eigenvalue weighted by Gasteiger charge is 2.14. The summed E-state index contributed by atoms with van der Waals surface area (Å²) in [7, 11) is 0. The zero-order valence-electron chi connectivity index (χ0n) is 9.59. The van der Waals surface area contributed by atoms with Crippen LogP contribution in [-0.2, 0) is 0 Å². The quantitative estimate of drug-likeness (QED) is 0.860. The molecular formula is C12H13ClFN3. The number of aromatic amines is 1. The number of H-pyrrole nitrogens is 1. The minimum Gasteiger partial charge on any atom is -0.382 e. The van der Waals surface area contributed by atoms with Gasteiger partial charge in [-0.1, -0.05) is 25.4 Å². The van der Waals surface area contributed by atoms with E-state index in [0.29, 0.717) is 11.4 Å². The number of nitrogens with zero attached hydrogens (tertiary/aromatic N) is 1. The molecule has 5 heteroatoms. The van der Waals surface area contributed by atoms with Gasteiger partial charge in [0, 0.05) is 11.6 Å². The molecule has 0 amide bonds. The Hall–Kier alpha value is -1.55. The molecule has 0 radical (unpaired) electrons. The van der Waals surface area contributed by atoms with E-state index in [1.165, 1.54) is 0 Å². The van der Waals surface area contributed by atoms with E-state index in [1.54, 1.807) is 18.2 Å².